The molecule has 2 aromatic carbocycles. The number of benzene rings is 2. The van der Waals surface area contributed by atoms with E-state index in [9.17, 15) is 8.78 Å². The van der Waals surface area contributed by atoms with Crippen LogP contribution in [0.3, 0.4) is 0 Å². The molecular formula is C27H36F4N+. The first kappa shape index (κ1) is 29.3. The number of pyridine rings is 1. The Morgan fingerprint density at radius 1 is 0.688 bits per heavy atom. The molecule has 0 fully saturated rings. The lowest BCUT2D eigenvalue weighted by Crippen LogP contribution is -2.41. The number of aryl methyl sites for hydroxylation is 3. The van der Waals surface area contributed by atoms with Crippen LogP contribution in [0.25, 0.3) is 16.8 Å². The normalized spacial score (nSPS) is 9.53. The number of alkyl halides is 2. The van der Waals surface area contributed by atoms with Crippen molar-refractivity contribution in [2.24, 2.45) is 0 Å². The van der Waals surface area contributed by atoms with Gasteiger partial charge in [-0.1, -0.05) is 37.3 Å². The Morgan fingerprint density at radius 3 is 1.47 bits per heavy atom. The lowest BCUT2D eigenvalue weighted by atomic mass is 9.92. The van der Waals surface area contributed by atoms with Crippen LogP contribution in [0, 0.1) is 41.5 Å². The Hall–Kier alpha value is -2.69. The van der Waals surface area contributed by atoms with Crippen LogP contribution in [0.15, 0.2) is 42.5 Å². The molecule has 0 saturated heterocycles. The molecule has 0 bridgehead atoms. The molecule has 1 aromatic heterocycles. The second-order valence-electron chi connectivity index (χ2n) is 7.43. The van der Waals surface area contributed by atoms with Crippen molar-refractivity contribution in [3.05, 3.63) is 81.7 Å². The smallest absolute Gasteiger partial charge is 0.216 e. The minimum atomic E-state index is 0.500. The van der Waals surface area contributed by atoms with Crippen LogP contribution in [0.1, 0.15) is 46.1 Å². The number of hydrogen-bond donors (Lipinski definition) is 0. The summed E-state index contributed by atoms with van der Waals surface area (Å²) < 4.78 is 37.5. The largest absolute Gasteiger partial charge is 0.255 e. The molecule has 1 heterocycles. The fraction of sp³-hybridized carbons (Fsp3) is 0.370. The van der Waals surface area contributed by atoms with E-state index in [2.05, 4.69) is 95.5 Å². The summed E-state index contributed by atoms with van der Waals surface area (Å²) in [5, 5.41) is 0. The molecule has 0 aliphatic heterocycles. The summed E-state index contributed by atoms with van der Waals surface area (Å²) in [4.78, 5) is 0. The summed E-state index contributed by atoms with van der Waals surface area (Å²) >= 11 is 0. The van der Waals surface area contributed by atoms with Crippen LogP contribution in [-0.4, -0.2) is 14.4 Å². The van der Waals surface area contributed by atoms with Crippen molar-refractivity contribution in [1.82, 2.24) is 0 Å². The minimum Gasteiger partial charge on any atom is -0.255 e. The van der Waals surface area contributed by atoms with E-state index in [1.165, 1.54) is 56.0 Å². The SMILES string of the molecule is CCc1cc(C)c(-[n+]2c(C)c(C)c(-c3ccccc3)c(C)c2C)c(C)c1.CF.CF.FF. The van der Waals surface area contributed by atoms with E-state index >= 15 is 0 Å². The Morgan fingerprint density at radius 2 is 1.09 bits per heavy atom. The highest BCUT2D eigenvalue weighted by Gasteiger charge is 2.26. The van der Waals surface area contributed by atoms with E-state index in [0.29, 0.717) is 14.4 Å². The standard InChI is InChI=1S/C25H30N.2CH3F.F2/c1-8-22-14-16(2)25(17(3)15-22)26-20(6)18(4)24(19(5)21(26)7)23-12-10-9-11-13-23;3*1-2/h9-15H,8H2,1-7H3;2*1H3;/q+1;;;. The zero-order valence-corrected chi connectivity index (χ0v) is 20.7. The second kappa shape index (κ2) is 14.4. The van der Waals surface area contributed by atoms with Gasteiger partial charge in [0.15, 0.2) is 11.4 Å². The molecule has 5 heteroatoms. The quantitative estimate of drug-likeness (QED) is 0.281. The van der Waals surface area contributed by atoms with Gasteiger partial charge in [0.25, 0.3) is 0 Å². The average molecular weight is 451 g/mol. The van der Waals surface area contributed by atoms with Crippen LogP contribution in [0.2, 0.25) is 0 Å². The Balaban J connectivity index is 0.00000148. The van der Waals surface area contributed by atoms with Crippen molar-refractivity contribution in [2.45, 2.75) is 54.9 Å². The van der Waals surface area contributed by atoms with Crippen LogP contribution in [-0.2, 0) is 6.42 Å². The van der Waals surface area contributed by atoms with Gasteiger partial charge < -0.3 is 0 Å². The van der Waals surface area contributed by atoms with Gasteiger partial charge in [-0.3, -0.25) is 8.78 Å². The Labute approximate surface area is 190 Å². The summed E-state index contributed by atoms with van der Waals surface area (Å²) in [6.07, 6.45) is 1.08. The summed E-state index contributed by atoms with van der Waals surface area (Å²) in [7, 11) is 1.00. The fourth-order valence-electron chi connectivity index (χ4n) is 4.21. The topological polar surface area (TPSA) is 3.88 Å². The van der Waals surface area contributed by atoms with Gasteiger partial charge in [-0.15, -0.1) is 0 Å². The average Bonchev–Trinajstić information content (AvgIpc) is 2.84. The monoisotopic (exact) mass is 450 g/mol. The number of aromatic nitrogens is 1. The Bertz CT molecular complexity index is 931. The highest BCUT2D eigenvalue weighted by atomic mass is 20.0. The number of nitrogens with zero attached hydrogens (tertiary/aromatic N) is 1. The second-order valence-corrected chi connectivity index (χ2v) is 7.43. The molecule has 0 aliphatic rings. The maximum atomic E-state index is 9.50. The number of hydrogen-bond acceptors (Lipinski definition) is 0. The van der Waals surface area contributed by atoms with E-state index in [0.717, 1.165) is 6.42 Å². The lowest BCUT2D eigenvalue weighted by Gasteiger charge is -2.17. The first-order chi connectivity index (χ1) is 15.4. The molecule has 0 amide bonds. The molecule has 0 aliphatic carbocycles. The highest BCUT2D eigenvalue weighted by molar-refractivity contribution is 5.71. The molecule has 3 aromatic rings. The van der Waals surface area contributed by atoms with Crippen molar-refractivity contribution < 1.29 is 22.5 Å². The predicted molar refractivity (Wildman–Crippen MR) is 127 cm³/mol. The van der Waals surface area contributed by atoms with Gasteiger partial charge in [0.2, 0.25) is 5.69 Å². The van der Waals surface area contributed by atoms with Gasteiger partial charge in [0.05, 0.1) is 14.4 Å². The van der Waals surface area contributed by atoms with Gasteiger partial charge in [-0.25, -0.2) is 0 Å². The summed E-state index contributed by atoms with van der Waals surface area (Å²) in [6, 6.07) is 15.4. The van der Waals surface area contributed by atoms with Crippen molar-refractivity contribution in [1.29, 1.82) is 0 Å². The first-order valence-corrected chi connectivity index (χ1v) is 10.4. The van der Waals surface area contributed by atoms with Crippen molar-refractivity contribution in [2.75, 3.05) is 14.4 Å². The van der Waals surface area contributed by atoms with Crippen LogP contribution in [0.5, 0.6) is 0 Å². The zero-order chi connectivity index (χ0) is 25.0. The number of rotatable bonds is 3. The first-order valence-electron chi connectivity index (χ1n) is 10.4. The molecule has 0 unspecified atom stereocenters. The van der Waals surface area contributed by atoms with E-state index in [1.54, 1.807) is 0 Å². The van der Waals surface area contributed by atoms with E-state index in [4.69, 9.17) is 9.15 Å². The molecule has 176 valence electrons. The van der Waals surface area contributed by atoms with Gasteiger partial charge in [-0.05, 0) is 62.9 Å². The fourth-order valence-corrected chi connectivity index (χ4v) is 4.21. The molecule has 0 atom stereocenters. The Kier molecular flexibility index (Phi) is 13.2. The third-order valence-electron chi connectivity index (χ3n) is 5.75. The lowest BCUT2D eigenvalue weighted by molar-refractivity contribution is -0.611. The summed E-state index contributed by atoms with van der Waals surface area (Å²) in [6.45, 7) is 15.7. The van der Waals surface area contributed by atoms with Crippen molar-refractivity contribution in [3.63, 3.8) is 0 Å². The number of halogens is 4. The zero-order valence-electron chi connectivity index (χ0n) is 20.7. The maximum Gasteiger partial charge on any atom is 0.216 e. The minimum absolute atomic E-state index is 0.500. The van der Waals surface area contributed by atoms with Crippen molar-refractivity contribution >= 4 is 0 Å². The van der Waals surface area contributed by atoms with E-state index < -0.39 is 0 Å². The van der Waals surface area contributed by atoms with Crippen LogP contribution >= 0.6 is 0 Å². The molecule has 0 radical (unpaired) electrons. The van der Waals surface area contributed by atoms with Crippen LogP contribution < -0.4 is 4.57 Å². The molecule has 1 nitrogen and oxygen atoms in total. The van der Waals surface area contributed by atoms with Gasteiger partial charge in [0, 0.05) is 45.2 Å². The van der Waals surface area contributed by atoms with E-state index in [-0.39, 0.29) is 0 Å². The summed E-state index contributed by atoms with van der Waals surface area (Å²) in [5.74, 6) is 0. The molecule has 32 heavy (non-hydrogen) atoms. The molecule has 3 rings (SSSR count). The molecule has 0 N–H and O–H groups in total. The van der Waals surface area contributed by atoms with Gasteiger partial charge in [0.1, 0.15) is 0 Å². The molecule has 0 spiro atoms. The third-order valence-corrected chi connectivity index (χ3v) is 5.75. The van der Waals surface area contributed by atoms with Crippen LogP contribution in [0.4, 0.5) is 17.9 Å². The summed E-state index contributed by atoms with van der Waals surface area (Å²) in [5.41, 5.74) is 13.5. The van der Waals surface area contributed by atoms with Gasteiger partial charge >= 0.3 is 0 Å². The predicted octanol–water partition coefficient (Wildman–Crippen LogP) is 8.06. The molecular weight excluding hydrogens is 414 g/mol. The van der Waals surface area contributed by atoms with E-state index in [1.807, 2.05) is 0 Å². The highest BCUT2D eigenvalue weighted by Crippen LogP contribution is 2.31. The maximum absolute atomic E-state index is 9.50. The molecule has 0 saturated carbocycles. The third kappa shape index (κ3) is 6.18. The van der Waals surface area contributed by atoms with Crippen molar-refractivity contribution in [3.8, 4) is 16.8 Å². The van der Waals surface area contributed by atoms with Gasteiger partial charge in [-0.2, -0.15) is 4.57 Å².